The van der Waals surface area contributed by atoms with Gasteiger partial charge in [-0.05, 0) is 37.3 Å². The zero-order chi connectivity index (χ0) is 15.4. The second kappa shape index (κ2) is 6.70. The van der Waals surface area contributed by atoms with Gasteiger partial charge in [-0.25, -0.2) is 0 Å². The summed E-state index contributed by atoms with van der Waals surface area (Å²) in [7, 11) is 0. The minimum absolute atomic E-state index is 0.164. The third-order valence-electron chi connectivity index (χ3n) is 4.44. The molecule has 3 unspecified atom stereocenters. The van der Waals surface area contributed by atoms with Crippen LogP contribution in [-0.4, -0.2) is 22.0 Å². The lowest BCUT2D eigenvalue weighted by molar-refractivity contribution is -0.146. The van der Waals surface area contributed by atoms with Gasteiger partial charge in [0.05, 0.1) is 24.1 Å². The van der Waals surface area contributed by atoms with E-state index in [2.05, 4.69) is 10.3 Å². The summed E-state index contributed by atoms with van der Waals surface area (Å²) in [6, 6.07) is 3.79. The quantitative estimate of drug-likeness (QED) is 0.870. The molecule has 0 radical (unpaired) electrons. The van der Waals surface area contributed by atoms with Crippen molar-refractivity contribution in [1.82, 2.24) is 10.3 Å². The van der Waals surface area contributed by atoms with Crippen molar-refractivity contribution in [3.05, 3.63) is 29.6 Å². The lowest BCUT2D eigenvalue weighted by Gasteiger charge is -2.15. The molecular weight excluding hydrogens is 268 g/mol. The smallest absolute Gasteiger partial charge is 0.307 e. The van der Waals surface area contributed by atoms with E-state index in [9.17, 15) is 14.7 Å². The number of rotatable bonds is 5. The largest absolute Gasteiger partial charge is 0.481 e. The summed E-state index contributed by atoms with van der Waals surface area (Å²) in [5.41, 5.74) is 1.84. The summed E-state index contributed by atoms with van der Waals surface area (Å²) in [4.78, 5) is 27.8. The van der Waals surface area contributed by atoms with Gasteiger partial charge >= 0.3 is 5.97 Å². The summed E-state index contributed by atoms with van der Waals surface area (Å²) < 4.78 is 0. The molecule has 5 nitrogen and oxygen atoms in total. The van der Waals surface area contributed by atoms with Crippen LogP contribution in [0.1, 0.15) is 37.4 Å². The SMILES string of the molecule is CCC1CC(C(=O)O)C(C(=O)NCc2ncccc2C)C1. The summed E-state index contributed by atoms with van der Waals surface area (Å²) in [5, 5.41) is 12.1. The van der Waals surface area contributed by atoms with Crippen LogP contribution in [0.3, 0.4) is 0 Å². The van der Waals surface area contributed by atoms with E-state index in [1.165, 1.54) is 0 Å². The number of hydrogen-bond acceptors (Lipinski definition) is 3. The highest BCUT2D eigenvalue weighted by atomic mass is 16.4. The number of carbonyl (C=O) groups is 2. The molecule has 1 aliphatic rings. The standard InChI is InChI=1S/C16H22N2O3/c1-3-11-7-12(13(8-11)16(20)21)15(19)18-9-14-10(2)5-4-6-17-14/h4-6,11-13H,3,7-9H2,1-2H3,(H,18,19)(H,20,21). The summed E-state index contributed by atoms with van der Waals surface area (Å²) in [5.74, 6) is -1.67. The molecule has 0 spiro atoms. The molecular formula is C16H22N2O3. The topological polar surface area (TPSA) is 79.3 Å². The molecule has 1 amide bonds. The van der Waals surface area contributed by atoms with Gasteiger partial charge in [-0.2, -0.15) is 0 Å². The second-order valence-electron chi connectivity index (χ2n) is 5.78. The highest BCUT2D eigenvalue weighted by Crippen LogP contribution is 2.38. The average molecular weight is 290 g/mol. The molecule has 21 heavy (non-hydrogen) atoms. The lowest BCUT2D eigenvalue weighted by atomic mass is 9.95. The predicted molar refractivity (Wildman–Crippen MR) is 78.5 cm³/mol. The number of nitrogens with zero attached hydrogens (tertiary/aromatic N) is 1. The number of carboxylic acid groups (broad SMARTS) is 1. The van der Waals surface area contributed by atoms with E-state index in [0.29, 0.717) is 25.3 Å². The minimum Gasteiger partial charge on any atom is -0.481 e. The maximum atomic E-state index is 12.3. The summed E-state index contributed by atoms with van der Waals surface area (Å²) in [6.45, 7) is 4.34. The summed E-state index contributed by atoms with van der Waals surface area (Å²) in [6.07, 6.45) is 3.89. The monoisotopic (exact) mass is 290 g/mol. The van der Waals surface area contributed by atoms with E-state index in [0.717, 1.165) is 17.7 Å². The lowest BCUT2D eigenvalue weighted by Crippen LogP contribution is -2.35. The molecule has 5 heteroatoms. The van der Waals surface area contributed by atoms with Crippen molar-refractivity contribution in [2.45, 2.75) is 39.7 Å². The van der Waals surface area contributed by atoms with Gasteiger partial charge in [-0.1, -0.05) is 19.4 Å². The van der Waals surface area contributed by atoms with E-state index in [-0.39, 0.29) is 5.91 Å². The molecule has 2 rings (SSSR count). The van der Waals surface area contributed by atoms with E-state index in [1.807, 2.05) is 26.0 Å². The molecule has 1 fully saturated rings. The van der Waals surface area contributed by atoms with Crippen molar-refractivity contribution >= 4 is 11.9 Å². The average Bonchev–Trinajstić information content (AvgIpc) is 2.90. The van der Waals surface area contributed by atoms with Crippen LogP contribution in [0.25, 0.3) is 0 Å². The van der Waals surface area contributed by atoms with Gasteiger partial charge in [0, 0.05) is 6.20 Å². The first-order valence-corrected chi connectivity index (χ1v) is 7.44. The Labute approximate surface area is 124 Å². The normalized spacial score (nSPS) is 24.8. The van der Waals surface area contributed by atoms with E-state index < -0.39 is 17.8 Å². The molecule has 0 saturated heterocycles. The molecule has 3 atom stereocenters. The Morgan fingerprint density at radius 3 is 2.71 bits per heavy atom. The number of pyridine rings is 1. The van der Waals surface area contributed by atoms with E-state index >= 15 is 0 Å². The van der Waals surface area contributed by atoms with Crippen molar-refractivity contribution in [2.24, 2.45) is 17.8 Å². The minimum atomic E-state index is -0.861. The van der Waals surface area contributed by atoms with Crippen LogP contribution in [0, 0.1) is 24.7 Å². The first kappa shape index (κ1) is 15.5. The predicted octanol–water partition coefficient (Wildman–Crippen LogP) is 2.14. The van der Waals surface area contributed by atoms with Crippen LogP contribution < -0.4 is 5.32 Å². The van der Waals surface area contributed by atoms with Crippen LogP contribution >= 0.6 is 0 Å². The number of aliphatic carboxylic acids is 1. The third-order valence-corrected chi connectivity index (χ3v) is 4.44. The number of carboxylic acids is 1. The van der Waals surface area contributed by atoms with Crippen molar-refractivity contribution in [3.8, 4) is 0 Å². The van der Waals surface area contributed by atoms with Crippen LogP contribution in [0.2, 0.25) is 0 Å². The van der Waals surface area contributed by atoms with Gasteiger partial charge in [-0.15, -0.1) is 0 Å². The van der Waals surface area contributed by atoms with Gasteiger partial charge in [0.25, 0.3) is 0 Å². The number of hydrogen-bond donors (Lipinski definition) is 2. The Morgan fingerprint density at radius 2 is 2.10 bits per heavy atom. The molecule has 0 aliphatic heterocycles. The maximum absolute atomic E-state index is 12.3. The van der Waals surface area contributed by atoms with Crippen molar-refractivity contribution < 1.29 is 14.7 Å². The van der Waals surface area contributed by atoms with Crippen molar-refractivity contribution in [2.75, 3.05) is 0 Å². The van der Waals surface area contributed by atoms with Crippen LogP contribution in [0.4, 0.5) is 0 Å². The zero-order valence-electron chi connectivity index (χ0n) is 12.5. The van der Waals surface area contributed by atoms with Crippen molar-refractivity contribution in [1.29, 1.82) is 0 Å². The second-order valence-corrected chi connectivity index (χ2v) is 5.78. The maximum Gasteiger partial charge on any atom is 0.307 e. The van der Waals surface area contributed by atoms with Crippen LogP contribution in [0.5, 0.6) is 0 Å². The van der Waals surface area contributed by atoms with Gasteiger partial charge in [0.15, 0.2) is 0 Å². The Hall–Kier alpha value is -1.91. The van der Waals surface area contributed by atoms with Gasteiger partial charge < -0.3 is 10.4 Å². The van der Waals surface area contributed by atoms with Gasteiger partial charge in [0.1, 0.15) is 0 Å². The Bertz CT molecular complexity index is 530. The Balaban J connectivity index is 1.99. The highest BCUT2D eigenvalue weighted by Gasteiger charge is 2.41. The molecule has 1 aromatic rings. The molecule has 0 aromatic carbocycles. The number of amides is 1. The first-order chi connectivity index (χ1) is 10.0. The fourth-order valence-corrected chi connectivity index (χ4v) is 3.04. The molecule has 1 saturated carbocycles. The fraction of sp³-hybridized carbons (Fsp3) is 0.562. The van der Waals surface area contributed by atoms with E-state index in [1.54, 1.807) is 6.20 Å². The first-order valence-electron chi connectivity index (χ1n) is 7.44. The van der Waals surface area contributed by atoms with Gasteiger partial charge in [-0.3, -0.25) is 14.6 Å². The van der Waals surface area contributed by atoms with Crippen LogP contribution in [-0.2, 0) is 16.1 Å². The van der Waals surface area contributed by atoms with Crippen molar-refractivity contribution in [3.63, 3.8) is 0 Å². The fourth-order valence-electron chi connectivity index (χ4n) is 3.04. The Morgan fingerprint density at radius 1 is 1.38 bits per heavy atom. The number of aromatic nitrogens is 1. The number of nitrogens with one attached hydrogen (secondary N) is 1. The third kappa shape index (κ3) is 3.60. The molecule has 1 heterocycles. The van der Waals surface area contributed by atoms with Gasteiger partial charge in [0.2, 0.25) is 5.91 Å². The molecule has 1 aliphatic carbocycles. The molecule has 0 bridgehead atoms. The molecule has 1 aromatic heterocycles. The zero-order valence-corrected chi connectivity index (χ0v) is 12.5. The Kier molecular flexibility index (Phi) is 4.94. The van der Waals surface area contributed by atoms with Crippen LogP contribution in [0.15, 0.2) is 18.3 Å². The highest BCUT2D eigenvalue weighted by molar-refractivity contribution is 5.85. The summed E-state index contributed by atoms with van der Waals surface area (Å²) >= 11 is 0. The molecule has 2 N–H and O–H groups in total. The van der Waals surface area contributed by atoms with E-state index in [4.69, 9.17) is 0 Å². The number of aryl methyl sites for hydroxylation is 1. The number of carbonyl (C=O) groups excluding carboxylic acids is 1. The molecule has 114 valence electrons.